The smallest absolute Gasteiger partial charge is 0.350 e. The zero-order chi connectivity index (χ0) is 17.9. The van der Waals surface area contributed by atoms with Crippen LogP contribution in [0.4, 0.5) is 10.2 Å². The molecule has 0 fully saturated rings. The van der Waals surface area contributed by atoms with Gasteiger partial charge in [0.1, 0.15) is 24.0 Å². The van der Waals surface area contributed by atoms with Crippen LogP contribution < -0.4 is 28.2 Å². The Morgan fingerprint density at radius 1 is 1.57 bits per heavy atom. The molecule has 1 aromatic rings. The summed E-state index contributed by atoms with van der Waals surface area (Å²) in [5, 5.41) is 7.64. The lowest BCUT2D eigenvalue weighted by Gasteiger charge is -2.05. The average Bonchev–Trinajstić information content (AvgIpc) is 2.85. The number of H-pyrrole nitrogens is 1. The second-order valence-corrected chi connectivity index (χ2v) is 5.80. The van der Waals surface area contributed by atoms with Crippen molar-refractivity contribution in [2.45, 2.75) is 18.9 Å². The predicted molar refractivity (Wildman–Crippen MR) is 79.9 cm³/mol. The molecule has 0 saturated carbocycles. The molecule has 2 rings (SSSR count). The standard InChI is InChI=1S/C5H10FN3.C4H5N3O.CH5O4P/c6-4-2-1-3-5(4)8-9-7;5-3-1-2-6-4(8)7-3;2-1-6(3,4)5/h2,5,8-9H,1,3,7H2;1-2H,(H3,5,6,7,8);2H,1H2,(H2,3,4,5)/p+1/t5-;;/m0../s1. The molecule has 1 atom stereocenters. The average molecular weight is 355 g/mol. The van der Waals surface area contributed by atoms with Gasteiger partial charge in [0.2, 0.25) is 0 Å². The van der Waals surface area contributed by atoms with E-state index >= 15 is 0 Å². The second kappa shape index (κ2) is 11.0. The number of halogens is 1. The summed E-state index contributed by atoms with van der Waals surface area (Å²) in [5.74, 6) is 5.29. The van der Waals surface area contributed by atoms with Gasteiger partial charge in [-0.05, 0) is 18.9 Å². The normalized spacial score (nSPS) is 16.6. The lowest BCUT2D eigenvalue weighted by molar-refractivity contribution is -0.727. The first-order valence-electron chi connectivity index (χ1n) is 6.31. The summed E-state index contributed by atoms with van der Waals surface area (Å²) in [5.41, 5.74) is 8.74. The summed E-state index contributed by atoms with van der Waals surface area (Å²) in [6.07, 6.45) is 3.51. The predicted octanol–water partition coefficient (Wildman–Crippen LogP) is -2.59. The minimum atomic E-state index is -4.09. The lowest BCUT2D eigenvalue weighted by atomic mass is 10.3. The van der Waals surface area contributed by atoms with Crippen LogP contribution >= 0.6 is 7.60 Å². The van der Waals surface area contributed by atoms with E-state index in [1.807, 2.05) is 0 Å². The molecule has 1 heterocycles. The Bertz CT molecular complexity index is 591. The molecule has 132 valence electrons. The third-order valence-corrected chi connectivity index (χ3v) is 2.67. The van der Waals surface area contributed by atoms with Gasteiger partial charge in [-0.15, -0.1) is 5.43 Å². The van der Waals surface area contributed by atoms with Crippen molar-refractivity contribution < 1.29 is 29.4 Å². The van der Waals surface area contributed by atoms with Crippen molar-refractivity contribution in [3.8, 4) is 0 Å². The molecule has 0 amide bonds. The molecule has 0 aromatic carbocycles. The number of hydrogen-bond donors (Lipinski definition) is 8. The van der Waals surface area contributed by atoms with Gasteiger partial charge in [-0.1, -0.05) is 6.08 Å². The molecule has 0 unspecified atom stereocenters. The Balaban J connectivity index is 0.000000323. The first-order valence-corrected chi connectivity index (χ1v) is 8.10. The molecule has 23 heavy (non-hydrogen) atoms. The van der Waals surface area contributed by atoms with Crippen molar-refractivity contribution in [1.29, 1.82) is 0 Å². The summed E-state index contributed by atoms with van der Waals surface area (Å²) in [6, 6.07) is 1.36. The monoisotopic (exact) mass is 355 g/mol. The molecule has 11 N–H and O–H groups in total. The minimum absolute atomic E-state index is 0.0864. The number of aliphatic hydroxyl groups is 1. The first kappa shape index (κ1) is 21.3. The molecule has 0 saturated heterocycles. The molecule has 0 aliphatic heterocycles. The fourth-order valence-corrected chi connectivity index (χ4v) is 1.33. The van der Waals surface area contributed by atoms with Crippen molar-refractivity contribution in [2.75, 3.05) is 12.1 Å². The Morgan fingerprint density at radius 3 is 2.48 bits per heavy atom. The molecule has 1 aliphatic carbocycles. The van der Waals surface area contributed by atoms with Gasteiger partial charge in [0.15, 0.2) is 0 Å². The van der Waals surface area contributed by atoms with Crippen LogP contribution in [0.1, 0.15) is 12.8 Å². The highest BCUT2D eigenvalue weighted by Gasteiger charge is 2.19. The number of anilines is 1. The van der Waals surface area contributed by atoms with E-state index in [1.54, 1.807) is 6.08 Å². The molecule has 1 aliphatic rings. The van der Waals surface area contributed by atoms with Crippen molar-refractivity contribution in [3.63, 3.8) is 0 Å². The number of hydrogen-bond acceptors (Lipinski definition) is 7. The van der Waals surface area contributed by atoms with Crippen LogP contribution in [-0.2, 0) is 4.57 Å². The number of quaternary nitrogens is 1. The number of nitrogens with two attached hydrogens (primary N) is 3. The maximum atomic E-state index is 12.5. The molecule has 11 nitrogen and oxygen atoms in total. The lowest BCUT2D eigenvalue weighted by Crippen LogP contribution is -3.00. The number of aromatic nitrogens is 2. The fourth-order valence-electron chi connectivity index (χ4n) is 1.33. The van der Waals surface area contributed by atoms with Gasteiger partial charge in [-0.3, -0.25) is 9.55 Å². The Labute approximate surface area is 130 Å². The van der Waals surface area contributed by atoms with E-state index in [0.717, 1.165) is 12.8 Å². The first-order chi connectivity index (χ1) is 10.7. The van der Waals surface area contributed by atoms with Crippen molar-refractivity contribution >= 4 is 13.4 Å². The zero-order valence-electron chi connectivity index (χ0n) is 12.1. The molecule has 0 radical (unpaired) electrons. The highest BCUT2D eigenvalue weighted by Crippen LogP contribution is 2.31. The maximum Gasteiger partial charge on any atom is 0.350 e. The maximum absolute atomic E-state index is 12.5. The SMILES string of the molecule is N[NH2+]N[C@H]1CCC=C1F.Nc1ccnc(=O)[nH]1.O=P(O)(O)CO. The number of aliphatic hydroxyl groups excluding tert-OH is 1. The van der Waals surface area contributed by atoms with E-state index in [1.165, 1.54) is 17.8 Å². The highest BCUT2D eigenvalue weighted by molar-refractivity contribution is 7.51. The topological polar surface area (TPSA) is 204 Å². The molecule has 13 heteroatoms. The number of aromatic amines is 1. The Morgan fingerprint density at radius 2 is 2.17 bits per heavy atom. The fraction of sp³-hybridized carbons (Fsp3) is 0.400. The van der Waals surface area contributed by atoms with Crippen molar-refractivity contribution in [2.24, 2.45) is 5.84 Å². The van der Waals surface area contributed by atoms with Gasteiger partial charge >= 0.3 is 13.3 Å². The van der Waals surface area contributed by atoms with Gasteiger partial charge in [0, 0.05) is 6.20 Å². The van der Waals surface area contributed by atoms with Gasteiger partial charge in [-0.2, -0.15) is 11.4 Å². The third kappa shape index (κ3) is 11.5. The Kier molecular flexibility index (Phi) is 10.2. The molecular weight excluding hydrogens is 334 g/mol. The highest BCUT2D eigenvalue weighted by atomic mass is 31.2. The minimum Gasteiger partial charge on any atom is -0.385 e. The van der Waals surface area contributed by atoms with Crippen LogP contribution in [0.15, 0.2) is 29.0 Å². The van der Waals surface area contributed by atoms with E-state index < -0.39 is 19.6 Å². The molecular formula is C10H21FN6O5P+. The van der Waals surface area contributed by atoms with Gasteiger partial charge in [0.25, 0.3) is 0 Å². The largest absolute Gasteiger partial charge is 0.385 e. The summed E-state index contributed by atoms with van der Waals surface area (Å²) >= 11 is 0. The number of allylic oxidation sites excluding steroid dienone is 1. The number of nitrogens with one attached hydrogen (secondary N) is 2. The molecule has 0 bridgehead atoms. The second-order valence-electron chi connectivity index (χ2n) is 4.19. The zero-order valence-corrected chi connectivity index (χ0v) is 13.0. The van der Waals surface area contributed by atoms with Crippen LogP contribution in [0, 0.1) is 0 Å². The van der Waals surface area contributed by atoms with Crippen molar-refractivity contribution in [3.05, 3.63) is 34.7 Å². The summed E-state index contributed by atoms with van der Waals surface area (Å²) in [6.45, 7) is 0. The van der Waals surface area contributed by atoms with Crippen LogP contribution in [0.5, 0.6) is 0 Å². The summed E-state index contributed by atoms with van der Waals surface area (Å²) < 4.78 is 21.9. The van der Waals surface area contributed by atoms with Crippen LogP contribution in [-0.4, -0.2) is 37.3 Å². The number of rotatable bonds is 3. The quantitative estimate of drug-likeness (QED) is 0.162. The van der Waals surface area contributed by atoms with E-state index in [4.69, 9.17) is 26.5 Å². The summed E-state index contributed by atoms with van der Waals surface area (Å²) in [4.78, 5) is 31.2. The van der Waals surface area contributed by atoms with Gasteiger partial charge < -0.3 is 20.6 Å². The van der Waals surface area contributed by atoms with Crippen LogP contribution in [0.25, 0.3) is 0 Å². The van der Waals surface area contributed by atoms with E-state index in [9.17, 15) is 13.8 Å². The van der Waals surface area contributed by atoms with E-state index in [-0.39, 0.29) is 11.9 Å². The number of nitrogen functional groups attached to an aromatic ring is 1. The van der Waals surface area contributed by atoms with Crippen LogP contribution in [0.3, 0.4) is 0 Å². The molecule has 1 aromatic heterocycles. The number of nitrogens with zero attached hydrogens (tertiary/aromatic N) is 1. The van der Waals surface area contributed by atoms with Crippen molar-refractivity contribution in [1.82, 2.24) is 15.4 Å². The molecule has 0 spiro atoms. The summed E-state index contributed by atoms with van der Waals surface area (Å²) in [7, 11) is -4.09. The Hall–Kier alpha value is -1.66. The van der Waals surface area contributed by atoms with E-state index in [2.05, 4.69) is 15.4 Å². The third-order valence-electron chi connectivity index (χ3n) is 2.31. The van der Waals surface area contributed by atoms with E-state index in [0.29, 0.717) is 5.82 Å². The van der Waals surface area contributed by atoms with Crippen LogP contribution in [0.2, 0.25) is 0 Å². The van der Waals surface area contributed by atoms with Gasteiger partial charge in [-0.25, -0.2) is 14.2 Å². The van der Waals surface area contributed by atoms with Gasteiger partial charge in [0.05, 0.1) is 0 Å².